The molecule has 6 heteroatoms. The number of nitrogens with zero attached hydrogens (tertiary/aromatic N) is 1. The standard InChI is InChI=1S/C7H4Cl2F3N/c8-6(9)4-1-5(3-13-2-4)7(10,11)12/h1-3,6H. The summed E-state index contributed by atoms with van der Waals surface area (Å²) in [5.41, 5.74) is -0.713. The number of halogens is 5. The Labute approximate surface area is 82.5 Å². The lowest BCUT2D eigenvalue weighted by Gasteiger charge is -2.07. The normalized spacial score (nSPS) is 12.2. The maximum atomic E-state index is 12.1. The number of alkyl halides is 5. The molecule has 0 saturated carbocycles. The van der Waals surface area contributed by atoms with E-state index >= 15 is 0 Å². The van der Waals surface area contributed by atoms with Crippen molar-refractivity contribution in [3.63, 3.8) is 0 Å². The Morgan fingerprint density at radius 2 is 1.85 bits per heavy atom. The van der Waals surface area contributed by atoms with Crippen LogP contribution in [0.5, 0.6) is 0 Å². The minimum Gasteiger partial charge on any atom is -0.264 e. The van der Waals surface area contributed by atoms with Crippen LogP contribution in [0.4, 0.5) is 13.2 Å². The molecule has 0 unspecified atom stereocenters. The van der Waals surface area contributed by atoms with Crippen molar-refractivity contribution in [3.05, 3.63) is 29.6 Å². The lowest BCUT2D eigenvalue weighted by molar-refractivity contribution is -0.137. The second kappa shape index (κ2) is 3.72. The zero-order valence-corrected chi connectivity index (χ0v) is 7.66. The van der Waals surface area contributed by atoms with Gasteiger partial charge in [-0.25, -0.2) is 0 Å². The Morgan fingerprint density at radius 1 is 1.23 bits per heavy atom. The van der Waals surface area contributed by atoms with E-state index < -0.39 is 16.6 Å². The minimum atomic E-state index is -4.41. The van der Waals surface area contributed by atoms with Gasteiger partial charge in [0, 0.05) is 18.0 Å². The van der Waals surface area contributed by atoms with Gasteiger partial charge in [0.1, 0.15) is 4.84 Å². The van der Waals surface area contributed by atoms with E-state index in [1.54, 1.807) is 0 Å². The summed E-state index contributed by atoms with van der Waals surface area (Å²) in [6.07, 6.45) is -2.49. The van der Waals surface area contributed by atoms with Crippen LogP contribution >= 0.6 is 23.2 Å². The summed E-state index contributed by atoms with van der Waals surface area (Å²) in [6.45, 7) is 0. The SMILES string of the molecule is FC(F)(F)c1cncc(C(Cl)Cl)c1. The highest BCUT2D eigenvalue weighted by Crippen LogP contribution is 2.32. The first-order valence-corrected chi connectivity index (χ1v) is 4.09. The summed E-state index contributed by atoms with van der Waals surface area (Å²) in [5, 5.41) is 0. The molecule has 0 aliphatic heterocycles. The predicted octanol–water partition coefficient (Wildman–Crippen LogP) is 3.58. The first kappa shape index (κ1) is 10.6. The first-order chi connectivity index (χ1) is 5.91. The van der Waals surface area contributed by atoms with Crippen LogP contribution in [0, 0.1) is 0 Å². The lowest BCUT2D eigenvalue weighted by atomic mass is 10.2. The zero-order chi connectivity index (χ0) is 10.1. The first-order valence-electron chi connectivity index (χ1n) is 3.21. The highest BCUT2D eigenvalue weighted by molar-refractivity contribution is 6.44. The average Bonchev–Trinajstić information content (AvgIpc) is 2.03. The van der Waals surface area contributed by atoms with Crippen LogP contribution in [0.2, 0.25) is 0 Å². The largest absolute Gasteiger partial charge is 0.417 e. The number of rotatable bonds is 1. The molecule has 72 valence electrons. The Hall–Kier alpha value is -0.480. The van der Waals surface area contributed by atoms with Gasteiger partial charge in [-0.1, -0.05) is 0 Å². The second-order valence-corrected chi connectivity index (χ2v) is 3.40. The van der Waals surface area contributed by atoms with Gasteiger partial charge in [-0.3, -0.25) is 4.98 Å². The van der Waals surface area contributed by atoms with Crippen LogP contribution in [0.15, 0.2) is 18.5 Å². The third kappa shape index (κ3) is 2.74. The van der Waals surface area contributed by atoms with Crippen LogP contribution in [0.1, 0.15) is 16.0 Å². The summed E-state index contributed by atoms with van der Waals surface area (Å²) >= 11 is 10.8. The fourth-order valence-electron chi connectivity index (χ4n) is 0.732. The molecule has 0 amide bonds. The van der Waals surface area contributed by atoms with Gasteiger partial charge < -0.3 is 0 Å². The van der Waals surface area contributed by atoms with E-state index in [1.807, 2.05) is 0 Å². The van der Waals surface area contributed by atoms with Crippen LogP contribution in [0.3, 0.4) is 0 Å². The van der Waals surface area contributed by atoms with Crippen LogP contribution in [-0.2, 0) is 6.18 Å². The number of hydrogen-bond acceptors (Lipinski definition) is 1. The number of aromatic nitrogens is 1. The van der Waals surface area contributed by atoms with Crippen molar-refractivity contribution in [2.75, 3.05) is 0 Å². The number of hydrogen-bond donors (Lipinski definition) is 0. The van der Waals surface area contributed by atoms with E-state index in [9.17, 15) is 13.2 Å². The lowest BCUT2D eigenvalue weighted by Crippen LogP contribution is -2.06. The molecule has 0 aliphatic rings. The molecule has 1 heterocycles. The summed E-state index contributed by atoms with van der Waals surface area (Å²) in [7, 11) is 0. The quantitative estimate of drug-likeness (QED) is 0.672. The van der Waals surface area contributed by atoms with E-state index in [1.165, 1.54) is 6.20 Å². The average molecular weight is 230 g/mol. The third-order valence-corrected chi connectivity index (χ3v) is 1.84. The topological polar surface area (TPSA) is 12.9 Å². The Balaban J connectivity index is 3.06. The molecule has 0 radical (unpaired) electrons. The second-order valence-electron chi connectivity index (χ2n) is 2.31. The predicted molar refractivity (Wildman–Crippen MR) is 43.7 cm³/mol. The van der Waals surface area contributed by atoms with E-state index in [2.05, 4.69) is 4.98 Å². The van der Waals surface area contributed by atoms with Crippen molar-refractivity contribution in [2.24, 2.45) is 0 Å². The Kier molecular flexibility index (Phi) is 3.03. The van der Waals surface area contributed by atoms with Gasteiger partial charge in [-0.05, 0) is 6.07 Å². The molecule has 0 saturated heterocycles. The fraction of sp³-hybridized carbons (Fsp3) is 0.286. The summed E-state index contributed by atoms with van der Waals surface area (Å²) in [6, 6.07) is 0.873. The summed E-state index contributed by atoms with van der Waals surface area (Å²) in [4.78, 5) is 2.39. The van der Waals surface area contributed by atoms with Crippen molar-refractivity contribution in [3.8, 4) is 0 Å². The van der Waals surface area contributed by atoms with Crippen molar-refractivity contribution in [1.29, 1.82) is 0 Å². The van der Waals surface area contributed by atoms with E-state index in [4.69, 9.17) is 23.2 Å². The van der Waals surface area contributed by atoms with Crippen LogP contribution in [-0.4, -0.2) is 4.98 Å². The van der Waals surface area contributed by atoms with Gasteiger partial charge in [-0.2, -0.15) is 13.2 Å². The summed E-state index contributed by atoms with van der Waals surface area (Å²) in [5.74, 6) is 0. The van der Waals surface area contributed by atoms with Gasteiger partial charge in [0.15, 0.2) is 0 Å². The molecule has 0 fully saturated rings. The van der Waals surface area contributed by atoms with E-state index in [0.29, 0.717) is 0 Å². The molecule has 1 aromatic rings. The molecule has 0 atom stereocenters. The molecular weight excluding hydrogens is 226 g/mol. The summed E-state index contributed by atoms with van der Waals surface area (Å²) < 4.78 is 36.3. The molecule has 0 spiro atoms. The van der Waals surface area contributed by atoms with Crippen molar-refractivity contribution < 1.29 is 13.2 Å². The molecule has 13 heavy (non-hydrogen) atoms. The molecular formula is C7H4Cl2F3N. The highest BCUT2D eigenvalue weighted by Gasteiger charge is 2.31. The molecule has 0 aromatic carbocycles. The van der Waals surface area contributed by atoms with Gasteiger partial charge in [0.2, 0.25) is 0 Å². The maximum Gasteiger partial charge on any atom is 0.417 e. The van der Waals surface area contributed by atoms with Crippen molar-refractivity contribution in [1.82, 2.24) is 4.98 Å². The highest BCUT2D eigenvalue weighted by atomic mass is 35.5. The maximum absolute atomic E-state index is 12.1. The number of pyridine rings is 1. The smallest absolute Gasteiger partial charge is 0.264 e. The monoisotopic (exact) mass is 229 g/mol. The Bertz CT molecular complexity index is 298. The van der Waals surface area contributed by atoms with E-state index in [0.717, 1.165) is 12.3 Å². The molecule has 0 N–H and O–H groups in total. The van der Waals surface area contributed by atoms with Crippen LogP contribution < -0.4 is 0 Å². The molecule has 0 aliphatic carbocycles. The van der Waals surface area contributed by atoms with Crippen LogP contribution in [0.25, 0.3) is 0 Å². The molecule has 1 aromatic heterocycles. The fourth-order valence-corrected chi connectivity index (χ4v) is 0.971. The van der Waals surface area contributed by atoms with Crippen molar-refractivity contribution >= 4 is 23.2 Å². The van der Waals surface area contributed by atoms with Gasteiger partial charge in [-0.15, -0.1) is 23.2 Å². The molecule has 1 rings (SSSR count). The third-order valence-electron chi connectivity index (χ3n) is 1.34. The molecule has 1 nitrogen and oxygen atoms in total. The minimum absolute atomic E-state index is 0.137. The molecule has 0 bridgehead atoms. The Morgan fingerprint density at radius 3 is 2.31 bits per heavy atom. The zero-order valence-electron chi connectivity index (χ0n) is 6.15. The van der Waals surface area contributed by atoms with Gasteiger partial charge in [0.25, 0.3) is 0 Å². The van der Waals surface area contributed by atoms with Gasteiger partial charge in [0.05, 0.1) is 5.56 Å². The van der Waals surface area contributed by atoms with Crippen molar-refractivity contribution in [2.45, 2.75) is 11.0 Å². The van der Waals surface area contributed by atoms with E-state index in [-0.39, 0.29) is 5.56 Å². The van der Waals surface area contributed by atoms with Gasteiger partial charge >= 0.3 is 6.18 Å².